The summed E-state index contributed by atoms with van der Waals surface area (Å²) in [6.07, 6.45) is 7.14. The summed E-state index contributed by atoms with van der Waals surface area (Å²) < 4.78 is 6.24. The second kappa shape index (κ2) is 8.93. The van der Waals surface area contributed by atoms with Crippen LogP contribution >= 0.6 is 11.8 Å². The molecule has 2 aliphatic rings. The number of rotatable bonds is 6. The Morgan fingerprint density at radius 3 is 2.56 bits per heavy atom. The lowest BCUT2D eigenvalue weighted by Crippen LogP contribution is -2.45. The lowest BCUT2D eigenvalue weighted by molar-refractivity contribution is 0.237. The molecule has 1 saturated heterocycles. The second-order valence-corrected chi connectivity index (χ2v) is 8.62. The van der Waals surface area contributed by atoms with E-state index in [0.29, 0.717) is 5.92 Å². The Bertz CT molecular complexity index is 728. The fourth-order valence-electron chi connectivity index (χ4n) is 3.67. The minimum absolute atomic E-state index is 0.668. The molecule has 0 bridgehead atoms. The molecule has 144 valence electrons. The average Bonchev–Trinajstić information content (AvgIpc) is 3.22. The van der Waals surface area contributed by atoms with Gasteiger partial charge in [0.15, 0.2) is 0 Å². The van der Waals surface area contributed by atoms with Crippen molar-refractivity contribution in [3.8, 4) is 5.88 Å². The van der Waals surface area contributed by atoms with E-state index in [1.807, 2.05) is 12.3 Å². The van der Waals surface area contributed by atoms with E-state index in [0.717, 1.165) is 49.5 Å². The largest absolute Gasteiger partial charge is 0.476 e. The number of hydrogen-bond acceptors (Lipinski definition) is 6. The molecule has 1 saturated carbocycles. The number of anilines is 1. The van der Waals surface area contributed by atoms with Crippen molar-refractivity contribution in [2.45, 2.75) is 35.5 Å². The predicted molar refractivity (Wildman–Crippen MR) is 110 cm³/mol. The highest BCUT2D eigenvalue weighted by atomic mass is 32.2. The lowest BCUT2D eigenvalue weighted by atomic mass is 10.1. The molecule has 27 heavy (non-hydrogen) atoms. The summed E-state index contributed by atoms with van der Waals surface area (Å²) in [5.74, 6) is 2.20. The number of piperazine rings is 1. The molecule has 4 rings (SSSR count). The Morgan fingerprint density at radius 2 is 1.81 bits per heavy atom. The van der Waals surface area contributed by atoms with Gasteiger partial charge in [0.2, 0.25) is 11.8 Å². The first-order valence-corrected chi connectivity index (χ1v) is 10.8. The van der Waals surface area contributed by atoms with Crippen molar-refractivity contribution in [1.82, 2.24) is 14.9 Å². The van der Waals surface area contributed by atoms with Gasteiger partial charge in [-0.15, -0.1) is 0 Å². The molecule has 5 nitrogen and oxygen atoms in total. The van der Waals surface area contributed by atoms with Gasteiger partial charge in [-0.2, -0.15) is 4.98 Å². The predicted octanol–water partition coefficient (Wildman–Crippen LogP) is 3.95. The normalized spacial score (nSPS) is 18.8. The maximum Gasteiger partial charge on any atom is 0.232 e. The number of nitrogens with zero attached hydrogens (tertiary/aromatic N) is 4. The smallest absolute Gasteiger partial charge is 0.232 e. The van der Waals surface area contributed by atoms with Crippen molar-refractivity contribution in [2.75, 3.05) is 44.7 Å². The Labute approximate surface area is 166 Å². The SMILES string of the molecule is CN1CCN(c2ncc(Sc3ccccc3)c(OCC3CCCC3)n2)CC1. The van der Waals surface area contributed by atoms with Crippen LogP contribution in [0.25, 0.3) is 0 Å². The summed E-state index contributed by atoms with van der Waals surface area (Å²) in [4.78, 5) is 16.3. The van der Waals surface area contributed by atoms with Gasteiger partial charge < -0.3 is 14.5 Å². The molecule has 2 fully saturated rings. The van der Waals surface area contributed by atoms with E-state index in [2.05, 4.69) is 46.1 Å². The highest BCUT2D eigenvalue weighted by Crippen LogP contribution is 2.35. The van der Waals surface area contributed by atoms with Crippen LogP contribution in [0.15, 0.2) is 46.3 Å². The van der Waals surface area contributed by atoms with E-state index < -0.39 is 0 Å². The van der Waals surface area contributed by atoms with Crippen molar-refractivity contribution >= 4 is 17.7 Å². The molecule has 1 aliphatic heterocycles. The molecular formula is C21H28N4OS. The maximum atomic E-state index is 6.24. The number of benzene rings is 1. The van der Waals surface area contributed by atoms with Crippen LogP contribution < -0.4 is 9.64 Å². The fraction of sp³-hybridized carbons (Fsp3) is 0.524. The van der Waals surface area contributed by atoms with E-state index in [4.69, 9.17) is 9.72 Å². The number of hydrogen-bond donors (Lipinski definition) is 0. The van der Waals surface area contributed by atoms with Crippen LogP contribution in [0.3, 0.4) is 0 Å². The van der Waals surface area contributed by atoms with Gasteiger partial charge in [-0.05, 0) is 37.9 Å². The van der Waals surface area contributed by atoms with Crippen molar-refractivity contribution in [2.24, 2.45) is 5.92 Å². The van der Waals surface area contributed by atoms with Gasteiger partial charge in [-0.3, -0.25) is 0 Å². The summed E-state index contributed by atoms with van der Waals surface area (Å²) in [6.45, 7) is 4.78. The van der Waals surface area contributed by atoms with Crippen molar-refractivity contribution in [3.05, 3.63) is 36.5 Å². The first-order valence-electron chi connectivity index (χ1n) is 9.94. The zero-order valence-electron chi connectivity index (χ0n) is 16.0. The van der Waals surface area contributed by atoms with Crippen LogP contribution in [-0.4, -0.2) is 54.7 Å². The zero-order chi connectivity index (χ0) is 18.5. The van der Waals surface area contributed by atoms with Crippen LogP contribution in [0.4, 0.5) is 5.95 Å². The standard InChI is InChI=1S/C21H28N4OS/c1-24-11-13-25(14-12-24)21-22-15-19(27-18-9-3-2-4-10-18)20(23-21)26-16-17-7-5-6-8-17/h2-4,9-10,15,17H,5-8,11-14,16H2,1H3. The monoisotopic (exact) mass is 384 g/mol. The van der Waals surface area contributed by atoms with Crippen molar-refractivity contribution < 1.29 is 4.74 Å². The molecule has 0 amide bonds. The van der Waals surface area contributed by atoms with Crippen LogP contribution in [0.5, 0.6) is 5.88 Å². The van der Waals surface area contributed by atoms with Crippen molar-refractivity contribution in [3.63, 3.8) is 0 Å². The van der Waals surface area contributed by atoms with E-state index in [-0.39, 0.29) is 0 Å². The topological polar surface area (TPSA) is 41.5 Å². The third-order valence-corrected chi connectivity index (χ3v) is 6.41. The Balaban J connectivity index is 1.53. The minimum atomic E-state index is 0.668. The van der Waals surface area contributed by atoms with E-state index in [1.165, 1.54) is 30.6 Å². The number of aromatic nitrogens is 2. The Hall–Kier alpha value is -1.79. The second-order valence-electron chi connectivity index (χ2n) is 7.51. The summed E-state index contributed by atoms with van der Waals surface area (Å²) >= 11 is 1.68. The van der Waals surface area contributed by atoms with Crippen LogP contribution in [0.2, 0.25) is 0 Å². The highest BCUT2D eigenvalue weighted by Gasteiger charge is 2.21. The molecule has 1 aromatic heterocycles. The molecule has 1 aliphatic carbocycles. The molecule has 0 N–H and O–H groups in total. The van der Waals surface area contributed by atoms with Crippen LogP contribution in [-0.2, 0) is 0 Å². The van der Waals surface area contributed by atoms with Gasteiger partial charge >= 0.3 is 0 Å². The van der Waals surface area contributed by atoms with Crippen LogP contribution in [0.1, 0.15) is 25.7 Å². The third kappa shape index (κ3) is 4.93. The fourth-order valence-corrected chi connectivity index (χ4v) is 4.51. The minimum Gasteiger partial charge on any atom is -0.476 e. The lowest BCUT2D eigenvalue weighted by Gasteiger charge is -2.32. The summed E-state index contributed by atoms with van der Waals surface area (Å²) in [7, 11) is 2.16. The molecule has 0 atom stereocenters. The quantitative estimate of drug-likeness (QED) is 0.751. The summed E-state index contributed by atoms with van der Waals surface area (Å²) in [5.41, 5.74) is 0. The average molecular weight is 385 g/mol. The van der Waals surface area contributed by atoms with Gasteiger partial charge in [-0.1, -0.05) is 42.8 Å². The highest BCUT2D eigenvalue weighted by molar-refractivity contribution is 7.99. The first kappa shape index (κ1) is 18.6. The molecule has 0 unspecified atom stereocenters. The van der Waals surface area contributed by atoms with Crippen LogP contribution in [0, 0.1) is 5.92 Å². The summed E-state index contributed by atoms with van der Waals surface area (Å²) in [6, 6.07) is 10.4. The summed E-state index contributed by atoms with van der Waals surface area (Å²) in [5, 5.41) is 0. The zero-order valence-corrected chi connectivity index (χ0v) is 16.8. The molecule has 0 radical (unpaired) electrons. The van der Waals surface area contributed by atoms with Gasteiger partial charge in [0, 0.05) is 31.1 Å². The number of ether oxygens (including phenoxy) is 1. The molecule has 0 spiro atoms. The first-order chi connectivity index (χ1) is 13.3. The van der Waals surface area contributed by atoms with Crippen molar-refractivity contribution in [1.29, 1.82) is 0 Å². The number of likely N-dealkylation sites (N-methyl/N-ethyl adjacent to an activating group) is 1. The van der Waals surface area contributed by atoms with E-state index in [9.17, 15) is 0 Å². The van der Waals surface area contributed by atoms with E-state index >= 15 is 0 Å². The molecule has 2 heterocycles. The van der Waals surface area contributed by atoms with Gasteiger partial charge in [0.05, 0.1) is 17.7 Å². The maximum absolute atomic E-state index is 6.24. The van der Waals surface area contributed by atoms with Gasteiger partial charge in [0.25, 0.3) is 0 Å². The Morgan fingerprint density at radius 1 is 1.07 bits per heavy atom. The van der Waals surface area contributed by atoms with Gasteiger partial charge in [-0.25, -0.2) is 4.98 Å². The van der Waals surface area contributed by atoms with E-state index in [1.54, 1.807) is 11.8 Å². The Kier molecular flexibility index (Phi) is 6.14. The third-order valence-electron chi connectivity index (χ3n) is 5.40. The molecular weight excluding hydrogens is 356 g/mol. The molecule has 2 aromatic rings. The molecule has 1 aromatic carbocycles. The molecule has 6 heteroatoms. The van der Waals surface area contributed by atoms with Gasteiger partial charge in [0.1, 0.15) is 0 Å².